The average molecular weight is 265 g/mol. The summed E-state index contributed by atoms with van der Waals surface area (Å²) in [5.41, 5.74) is 1.62. The predicted molar refractivity (Wildman–Crippen MR) is 77.6 cm³/mol. The summed E-state index contributed by atoms with van der Waals surface area (Å²) >= 11 is 0. The second-order valence-corrected chi connectivity index (χ2v) is 4.63. The van der Waals surface area contributed by atoms with E-state index in [0.29, 0.717) is 0 Å². The minimum absolute atomic E-state index is 0.721. The molecule has 20 heavy (non-hydrogen) atoms. The average Bonchev–Trinajstić information content (AvgIpc) is 2.48. The lowest BCUT2D eigenvalue weighted by atomic mass is 10.0. The monoisotopic (exact) mass is 265 g/mol. The predicted octanol–water partition coefficient (Wildman–Crippen LogP) is 4.29. The van der Waals surface area contributed by atoms with Crippen LogP contribution in [0.3, 0.4) is 0 Å². The van der Waals surface area contributed by atoms with Gasteiger partial charge in [-0.15, -0.1) is 0 Å². The van der Waals surface area contributed by atoms with Crippen LogP contribution in [-0.4, -0.2) is 6.08 Å². The fourth-order valence-electron chi connectivity index (χ4n) is 1.75. The number of isocyanates is 1. The quantitative estimate of drug-likeness (QED) is 0.462. The molecule has 0 heterocycles. The molecule has 0 aliphatic carbocycles. The van der Waals surface area contributed by atoms with Crippen molar-refractivity contribution < 1.29 is 4.79 Å². The summed E-state index contributed by atoms with van der Waals surface area (Å²) in [4.78, 5) is 14.4. The van der Waals surface area contributed by atoms with Crippen molar-refractivity contribution in [3.8, 4) is 0 Å². The molecule has 0 N–H and O–H groups in total. The molecule has 2 aromatic rings. The lowest BCUT2D eigenvalue weighted by molar-refractivity contribution is 0.485. The molecule has 0 radical (unpaired) electrons. The van der Waals surface area contributed by atoms with Crippen molar-refractivity contribution >= 4 is 11.8 Å². The SMILES string of the molecule is Cc1ccc(N=NC(C)(N=C=O)c2ccccc2)cc1. The Balaban J connectivity index is 2.34. The third kappa shape index (κ3) is 3.25. The molecule has 0 aliphatic rings. The van der Waals surface area contributed by atoms with Crippen molar-refractivity contribution in [1.82, 2.24) is 0 Å². The Kier molecular flexibility index (Phi) is 4.18. The van der Waals surface area contributed by atoms with Crippen LogP contribution in [0.1, 0.15) is 18.1 Å². The second-order valence-electron chi connectivity index (χ2n) is 4.63. The number of aryl methyl sites for hydroxylation is 1. The zero-order chi connectivity index (χ0) is 14.4. The van der Waals surface area contributed by atoms with Crippen molar-refractivity contribution in [2.75, 3.05) is 0 Å². The maximum atomic E-state index is 10.7. The molecular weight excluding hydrogens is 250 g/mol. The molecule has 1 unspecified atom stereocenters. The van der Waals surface area contributed by atoms with Crippen LogP contribution >= 0.6 is 0 Å². The third-order valence-electron chi connectivity index (χ3n) is 2.98. The van der Waals surface area contributed by atoms with Gasteiger partial charge in [0, 0.05) is 5.56 Å². The Morgan fingerprint density at radius 3 is 2.25 bits per heavy atom. The molecule has 100 valence electrons. The van der Waals surface area contributed by atoms with Gasteiger partial charge in [-0.3, -0.25) is 0 Å². The number of carbonyl (C=O) groups excluding carboxylic acids is 1. The molecular formula is C16H15N3O. The first-order valence-electron chi connectivity index (χ1n) is 6.28. The minimum atomic E-state index is -1.05. The van der Waals surface area contributed by atoms with E-state index in [1.165, 1.54) is 0 Å². The van der Waals surface area contributed by atoms with Crippen molar-refractivity contribution in [1.29, 1.82) is 0 Å². The summed E-state index contributed by atoms with van der Waals surface area (Å²) in [5.74, 6) is 0. The number of hydrogen-bond acceptors (Lipinski definition) is 4. The van der Waals surface area contributed by atoms with E-state index in [1.54, 1.807) is 13.0 Å². The zero-order valence-electron chi connectivity index (χ0n) is 11.4. The van der Waals surface area contributed by atoms with Gasteiger partial charge in [0.25, 0.3) is 0 Å². The number of benzene rings is 2. The zero-order valence-corrected chi connectivity index (χ0v) is 11.4. The Bertz CT molecular complexity index is 643. The standard InChI is InChI=1S/C16H15N3O/c1-13-8-10-15(11-9-13)18-19-16(2,17-12-20)14-6-4-3-5-7-14/h3-11H,1-2H3. The fourth-order valence-corrected chi connectivity index (χ4v) is 1.75. The Labute approximate surface area is 117 Å². The van der Waals surface area contributed by atoms with Crippen LogP contribution in [0.2, 0.25) is 0 Å². The van der Waals surface area contributed by atoms with Crippen LogP contribution in [-0.2, 0) is 10.5 Å². The van der Waals surface area contributed by atoms with Gasteiger partial charge in [-0.1, -0.05) is 48.0 Å². The van der Waals surface area contributed by atoms with Gasteiger partial charge in [-0.05, 0) is 26.0 Å². The van der Waals surface area contributed by atoms with Crippen molar-refractivity contribution in [2.45, 2.75) is 19.5 Å². The first-order chi connectivity index (χ1) is 9.64. The molecule has 4 nitrogen and oxygen atoms in total. The van der Waals surface area contributed by atoms with Gasteiger partial charge in [0.15, 0.2) is 0 Å². The largest absolute Gasteiger partial charge is 0.237 e. The number of nitrogens with zero attached hydrogens (tertiary/aromatic N) is 3. The molecule has 0 aliphatic heterocycles. The van der Waals surface area contributed by atoms with Crippen LogP contribution in [0.25, 0.3) is 0 Å². The summed E-state index contributed by atoms with van der Waals surface area (Å²) in [7, 11) is 0. The third-order valence-corrected chi connectivity index (χ3v) is 2.98. The molecule has 0 bridgehead atoms. The molecule has 0 aromatic heterocycles. The van der Waals surface area contributed by atoms with Crippen molar-refractivity contribution in [3.63, 3.8) is 0 Å². The van der Waals surface area contributed by atoms with Crippen LogP contribution in [0.5, 0.6) is 0 Å². The van der Waals surface area contributed by atoms with Gasteiger partial charge in [-0.25, -0.2) is 4.79 Å². The van der Waals surface area contributed by atoms with E-state index in [2.05, 4.69) is 15.2 Å². The molecule has 2 aromatic carbocycles. The molecule has 4 heteroatoms. The Hall–Kier alpha value is -2.58. The summed E-state index contributed by atoms with van der Waals surface area (Å²) in [5, 5.41) is 8.38. The Morgan fingerprint density at radius 2 is 1.65 bits per heavy atom. The van der Waals surface area contributed by atoms with E-state index in [-0.39, 0.29) is 0 Å². The van der Waals surface area contributed by atoms with E-state index in [4.69, 9.17) is 0 Å². The van der Waals surface area contributed by atoms with Gasteiger partial charge >= 0.3 is 0 Å². The molecule has 1 atom stereocenters. The van der Waals surface area contributed by atoms with Gasteiger partial charge < -0.3 is 0 Å². The van der Waals surface area contributed by atoms with Gasteiger partial charge in [0.1, 0.15) is 0 Å². The summed E-state index contributed by atoms with van der Waals surface area (Å²) in [6, 6.07) is 17.0. The van der Waals surface area contributed by atoms with Crippen molar-refractivity contribution in [2.24, 2.45) is 15.2 Å². The maximum absolute atomic E-state index is 10.7. The fraction of sp³-hybridized carbons (Fsp3) is 0.188. The number of aliphatic imine (C=N–C) groups is 1. The molecule has 0 fully saturated rings. The van der Waals surface area contributed by atoms with E-state index < -0.39 is 5.66 Å². The van der Waals surface area contributed by atoms with Crippen molar-refractivity contribution in [3.05, 3.63) is 65.7 Å². The number of hydrogen-bond donors (Lipinski definition) is 0. The summed E-state index contributed by atoms with van der Waals surface area (Å²) in [6.45, 7) is 3.73. The number of azo groups is 1. The van der Waals surface area contributed by atoms with E-state index in [9.17, 15) is 4.79 Å². The first-order valence-corrected chi connectivity index (χ1v) is 6.28. The van der Waals surface area contributed by atoms with E-state index >= 15 is 0 Å². The topological polar surface area (TPSA) is 54.1 Å². The van der Waals surface area contributed by atoms with Gasteiger partial charge in [0.05, 0.1) is 5.69 Å². The molecule has 0 amide bonds. The smallest absolute Gasteiger partial charge is 0.211 e. The van der Waals surface area contributed by atoms with E-state index in [0.717, 1.165) is 16.8 Å². The lowest BCUT2D eigenvalue weighted by Gasteiger charge is -2.17. The summed E-state index contributed by atoms with van der Waals surface area (Å²) < 4.78 is 0. The van der Waals surface area contributed by atoms with Crippen LogP contribution in [0.15, 0.2) is 69.8 Å². The second kappa shape index (κ2) is 6.04. The highest BCUT2D eigenvalue weighted by Crippen LogP contribution is 2.28. The summed E-state index contributed by atoms with van der Waals surface area (Å²) in [6.07, 6.45) is 1.57. The normalized spacial score (nSPS) is 13.7. The molecule has 2 rings (SSSR count). The molecule has 0 saturated carbocycles. The maximum Gasteiger partial charge on any atom is 0.237 e. The number of rotatable bonds is 4. The highest BCUT2D eigenvalue weighted by atomic mass is 16.1. The Morgan fingerprint density at radius 1 is 1.00 bits per heavy atom. The van der Waals surface area contributed by atoms with Crippen LogP contribution < -0.4 is 0 Å². The van der Waals surface area contributed by atoms with Crippen LogP contribution in [0, 0.1) is 6.92 Å². The van der Waals surface area contributed by atoms with E-state index in [1.807, 2.05) is 61.5 Å². The molecule has 0 spiro atoms. The highest BCUT2D eigenvalue weighted by Gasteiger charge is 2.25. The molecule has 0 saturated heterocycles. The first kappa shape index (κ1) is 13.8. The van der Waals surface area contributed by atoms with Gasteiger partial charge in [0.2, 0.25) is 11.7 Å². The lowest BCUT2D eigenvalue weighted by Crippen LogP contribution is -2.14. The van der Waals surface area contributed by atoms with Gasteiger partial charge in [-0.2, -0.15) is 15.2 Å². The van der Waals surface area contributed by atoms with Crippen LogP contribution in [0.4, 0.5) is 5.69 Å². The highest BCUT2D eigenvalue weighted by molar-refractivity contribution is 5.39. The minimum Gasteiger partial charge on any atom is -0.211 e.